The first-order valence-electron chi connectivity index (χ1n) is 9.11. The van der Waals surface area contributed by atoms with Crippen LogP contribution in [0.4, 0.5) is 23.2 Å². The maximum absolute atomic E-state index is 14.0. The Morgan fingerprint density at radius 3 is 2.48 bits per heavy atom. The van der Waals surface area contributed by atoms with E-state index in [1.165, 1.54) is 23.1 Å². The van der Waals surface area contributed by atoms with Crippen LogP contribution in [0.15, 0.2) is 46.9 Å². The van der Waals surface area contributed by atoms with Gasteiger partial charge in [-0.05, 0) is 42.0 Å². The fourth-order valence-electron chi connectivity index (χ4n) is 3.82. The predicted octanol–water partition coefficient (Wildman–Crippen LogP) is 4.55. The molecule has 0 aliphatic carbocycles. The second kappa shape index (κ2) is 6.66. The van der Waals surface area contributed by atoms with Gasteiger partial charge in [0.25, 0.3) is 0 Å². The van der Waals surface area contributed by atoms with E-state index in [-0.39, 0.29) is 36.0 Å². The number of ether oxygens (including phenoxy) is 2. The molecular formula is C21H13F4NO5. The van der Waals surface area contributed by atoms with Crippen molar-refractivity contribution in [3.05, 3.63) is 70.9 Å². The highest BCUT2D eigenvalue weighted by Gasteiger charge is 2.41. The Balaban J connectivity index is 1.56. The smallest absolute Gasteiger partial charge is 0.449 e. The van der Waals surface area contributed by atoms with E-state index in [0.717, 1.165) is 24.3 Å². The third kappa shape index (κ3) is 3.15. The fourth-order valence-corrected chi connectivity index (χ4v) is 3.82. The highest BCUT2D eigenvalue weighted by atomic mass is 19.4. The van der Waals surface area contributed by atoms with Gasteiger partial charge in [0.05, 0.1) is 12.5 Å². The summed E-state index contributed by atoms with van der Waals surface area (Å²) in [6, 6.07) is 8.31. The summed E-state index contributed by atoms with van der Waals surface area (Å²) in [6.07, 6.45) is -4.66. The number of carbonyl (C=O) groups is 1. The van der Waals surface area contributed by atoms with Gasteiger partial charge in [-0.2, -0.15) is 13.2 Å². The largest absolute Gasteiger partial charge is 0.507 e. The number of phenolic OH excluding ortho intramolecular Hbond substituents is 1. The van der Waals surface area contributed by atoms with Crippen LogP contribution in [0.25, 0.3) is 0 Å². The SMILES string of the molecule is O=C1C(c2cc3c(cc2O)OCO3)c2cc(F)ccc2N1Cc1ccc(C(F)(F)F)o1. The Hall–Kier alpha value is -3.69. The topological polar surface area (TPSA) is 72.1 Å². The number of carbonyl (C=O) groups excluding carboxylic acids is 1. The van der Waals surface area contributed by atoms with Crippen molar-refractivity contribution in [1.82, 2.24) is 0 Å². The third-order valence-electron chi connectivity index (χ3n) is 5.19. The number of aromatic hydroxyl groups is 1. The van der Waals surface area contributed by atoms with Gasteiger partial charge in [0.15, 0.2) is 11.5 Å². The number of hydrogen-bond acceptors (Lipinski definition) is 5. The molecule has 1 unspecified atom stereocenters. The fraction of sp³-hybridized carbons (Fsp3) is 0.190. The molecule has 6 nitrogen and oxygen atoms in total. The second-order valence-corrected chi connectivity index (χ2v) is 7.09. The molecule has 1 atom stereocenters. The summed E-state index contributed by atoms with van der Waals surface area (Å²) in [5, 5.41) is 10.5. The number of nitrogens with zero attached hydrogens (tertiary/aromatic N) is 1. The van der Waals surface area contributed by atoms with Crippen LogP contribution in [0.5, 0.6) is 17.2 Å². The predicted molar refractivity (Wildman–Crippen MR) is 97.4 cm³/mol. The third-order valence-corrected chi connectivity index (χ3v) is 5.19. The van der Waals surface area contributed by atoms with Gasteiger partial charge >= 0.3 is 6.18 Å². The van der Waals surface area contributed by atoms with E-state index in [0.29, 0.717) is 17.2 Å². The molecule has 0 radical (unpaired) electrons. The first kappa shape index (κ1) is 19.3. The molecule has 160 valence electrons. The monoisotopic (exact) mass is 435 g/mol. The van der Waals surface area contributed by atoms with Crippen molar-refractivity contribution in [2.75, 3.05) is 11.7 Å². The molecular weight excluding hydrogens is 422 g/mol. The van der Waals surface area contributed by atoms with E-state index in [1.807, 2.05) is 0 Å². The molecule has 1 N–H and O–H groups in total. The number of alkyl halides is 3. The Morgan fingerprint density at radius 1 is 1.03 bits per heavy atom. The normalized spacial score (nSPS) is 17.4. The van der Waals surface area contributed by atoms with E-state index in [2.05, 4.69) is 0 Å². The second-order valence-electron chi connectivity index (χ2n) is 7.09. The molecule has 5 rings (SSSR count). The highest BCUT2D eigenvalue weighted by molar-refractivity contribution is 6.07. The van der Waals surface area contributed by atoms with Crippen LogP contribution >= 0.6 is 0 Å². The molecule has 0 bridgehead atoms. The van der Waals surface area contributed by atoms with Gasteiger partial charge in [-0.25, -0.2) is 4.39 Å². The summed E-state index contributed by atoms with van der Waals surface area (Å²) in [5.74, 6) is -3.15. The lowest BCUT2D eigenvalue weighted by Gasteiger charge is -2.17. The minimum absolute atomic E-state index is 0.0474. The van der Waals surface area contributed by atoms with E-state index in [4.69, 9.17) is 13.9 Å². The quantitative estimate of drug-likeness (QED) is 0.612. The van der Waals surface area contributed by atoms with Crippen molar-refractivity contribution in [3.63, 3.8) is 0 Å². The Kier molecular flexibility index (Phi) is 4.14. The van der Waals surface area contributed by atoms with Crippen molar-refractivity contribution >= 4 is 11.6 Å². The van der Waals surface area contributed by atoms with E-state index in [9.17, 15) is 27.5 Å². The van der Waals surface area contributed by atoms with Gasteiger partial charge in [-0.15, -0.1) is 0 Å². The van der Waals surface area contributed by atoms with Gasteiger partial charge in [-0.3, -0.25) is 4.79 Å². The van der Waals surface area contributed by atoms with Crippen LogP contribution in [0.3, 0.4) is 0 Å². The zero-order valence-electron chi connectivity index (χ0n) is 15.6. The van der Waals surface area contributed by atoms with Gasteiger partial charge in [0, 0.05) is 17.3 Å². The minimum Gasteiger partial charge on any atom is -0.507 e. The number of phenols is 1. The van der Waals surface area contributed by atoms with Crippen LogP contribution in [0.2, 0.25) is 0 Å². The number of benzene rings is 2. The number of amides is 1. The molecule has 0 saturated heterocycles. The lowest BCUT2D eigenvalue weighted by atomic mass is 9.91. The highest BCUT2D eigenvalue weighted by Crippen LogP contribution is 2.48. The van der Waals surface area contributed by atoms with Gasteiger partial charge in [0.1, 0.15) is 17.3 Å². The van der Waals surface area contributed by atoms with E-state index < -0.39 is 29.6 Å². The molecule has 1 aromatic heterocycles. The molecule has 31 heavy (non-hydrogen) atoms. The summed E-state index contributed by atoms with van der Waals surface area (Å²) in [6.45, 7) is -0.344. The molecule has 0 spiro atoms. The lowest BCUT2D eigenvalue weighted by molar-refractivity contribution is -0.153. The van der Waals surface area contributed by atoms with Gasteiger partial charge in [-0.1, -0.05) is 0 Å². The summed E-state index contributed by atoms with van der Waals surface area (Å²) >= 11 is 0. The summed E-state index contributed by atoms with van der Waals surface area (Å²) < 4.78 is 67.9. The molecule has 2 aliphatic rings. The molecule has 0 saturated carbocycles. The number of hydrogen-bond donors (Lipinski definition) is 1. The summed E-state index contributed by atoms with van der Waals surface area (Å²) in [7, 11) is 0. The van der Waals surface area contributed by atoms with Crippen molar-refractivity contribution in [1.29, 1.82) is 0 Å². The Morgan fingerprint density at radius 2 is 1.77 bits per heavy atom. The molecule has 10 heteroatoms. The van der Waals surface area contributed by atoms with Crippen LogP contribution in [0, 0.1) is 5.82 Å². The van der Waals surface area contributed by atoms with E-state index in [1.54, 1.807) is 0 Å². The minimum atomic E-state index is -4.66. The number of fused-ring (bicyclic) bond motifs is 2. The maximum Gasteiger partial charge on any atom is 0.449 e. The molecule has 1 amide bonds. The van der Waals surface area contributed by atoms with Crippen LogP contribution in [-0.4, -0.2) is 17.8 Å². The average Bonchev–Trinajstić information content (AvgIpc) is 3.40. The van der Waals surface area contributed by atoms with E-state index >= 15 is 0 Å². The summed E-state index contributed by atoms with van der Waals surface area (Å²) in [4.78, 5) is 14.5. The first-order chi connectivity index (χ1) is 14.7. The van der Waals surface area contributed by atoms with Crippen LogP contribution in [0.1, 0.15) is 28.6 Å². The zero-order chi connectivity index (χ0) is 21.9. The number of halogens is 4. The Labute approximate surface area is 172 Å². The first-order valence-corrected chi connectivity index (χ1v) is 9.11. The molecule has 3 heterocycles. The zero-order valence-corrected chi connectivity index (χ0v) is 15.6. The molecule has 0 fully saturated rings. The van der Waals surface area contributed by atoms with Crippen LogP contribution in [-0.2, 0) is 17.5 Å². The van der Waals surface area contributed by atoms with Crippen LogP contribution < -0.4 is 14.4 Å². The standard InChI is InChI=1S/C21H13F4NO5/c22-10-1-3-14-12(5-10)19(13-6-16-17(7-15(13)27)30-9-29-16)20(28)26(14)8-11-2-4-18(31-11)21(23,24)25/h1-7,19,27H,8-9H2. The summed E-state index contributed by atoms with van der Waals surface area (Å²) in [5.41, 5.74) is 0.735. The van der Waals surface area contributed by atoms with Crippen molar-refractivity contribution in [2.45, 2.75) is 18.6 Å². The lowest BCUT2D eigenvalue weighted by Crippen LogP contribution is -2.28. The van der Waals surface area contributed by atoms with Gasteiger partial charge in [0.2, 0.25) is 18.5 Å². The van der Waals surface area contributed by atoms with Crippen molar-refractivity contribution in [2.24, 2.45) is 0 Å². The van der Waals surface area contributed by atoms with Crippen molar-refractivity contribution < 1.29 is 41.4 Å². The number of furan rings is 1. The molecule has 3 aromatic rings. The molecule has 2 aromatic carbocycles. The average molecular weight is 435 g/mol. The number of anilines is 1. The number of rotatable bonds is 3. The molecule has 2 aliphatic heterocycles. The Bertz CT molecular complexity index is 1200. The maximum atomic E-state index is 14.0. The van der Waals surface area contributed by atoms with Gasteiger partial charge < -0.3 is 23.9 Å². The van der Waals surface area contributed by atoms with Crippen molar-refractivity contribution in [3.8, 4) is 17.2 Å².